The summed E-state index contributed by atoms with van der Waals surface area (Å²) in [5.41, 5.74) is 0.987. The normalized spacial score (nSPS) is 11.8. The zero-order valence-electron chi connectivity index (χ0n) is 15.0. The molecule has 1 atom stereocenters. The Labute approximate surface area is 176 Å². The Morgan fingerprint density at radius 1 is 1.19 bits per heavy atom. The molecule has 2 rings (SSSR count). The minimum Gasteiger partial charge on any atom is -0.355 e. The lowest BCUT2D eigenvalue weighted by atomic mass is 10.2. The van der Waals surface area contributed by atoms with E-state index in [-0.39, 0.29) is 17.1 Å². The Balaban J connectivity index is 1.75. The van der Waals surface area contributed by atoms with Gasteiger partial charge in [-0.25, -0.2) is 0 Å². The molecule has 1 aromatic heterocycles. The summed E-state index contributed by atoms with van der Waals surface area (Å²) in [4.78, 5) is 23.9. The van der Waals surface area contributed by atoms with Gasteiger partial charge < -0.3 is 10.6 Å². The molecular weight excluding hydrogens is 424 g/mol. The minimum absolute atomic E-state index is 0.0128. The highest BCUT2D eigenvalue weighted by molar-refractivity contribution is 8.04. The lowest BCUT2D eigenvalue weighted by molar-refractivity contribution is -0.120. The van der Waals surface area contributed by atoms with E-state index in [0.29, 0.717) is 28.2 Å². The first-order chi connectivity index (χ1) is 13.0. The number of aromatic nitrogens is 2. The van der Waals surface area contributed by atoms with Crippen LogP contribution >= 0.6 is 46.5 Å². The molecule has 10 heteroatoms. The van der Waals surface area contributed by atoms with Crippen molar-refractivity contribution in [2.45, 2.75) is 40.7 Å². The second kappa shape index (κ2) is 11.5. The van der Waals surface area contributed by atoms with E-state index in [1.165, 1.54) is 34.9 Å². The molecule has 0 aliphatic heterocycles. The molecule has 0 saturated heterocycles. The average molecular weight is 445 g/mol. The summed E-state index contributed by atoms with van der Waals surface area (Å²) in [7, 11) is 0. The number of rotatable bonds is 10. The first-order valence-corrected chi connectivity index (χ1v) is 11.5. The molecule has 0 bridgehead atoms. The number of nitrogens with one attached hydrogen (secondary N) is 2. The van der Waals surface area contributed by atoms with E-state index in [0.717, 1.165) is 16.3 Å². The van der Waals surface area contributed by atoms with Crippen LogP contribution in [0.1, 0.15) is 25.8 Å². The molecular formula is C17H21ClN4O2S3. The van der Waals surface area contributed by atoms with Crippen molar-refractivity contribution < 1.29 is 9.59 Å². The number of hydrogen-bond acceptors (Lipinski definition) is 7. The van der Waals surface area contributed by atoms with Crippen molar-refractivity contribution in [3.05, 3.63) is 34.9 Å². The summed E-state index contributed by atoms with van der Waals surface area (Å²) >= 11 is 9.95. The lowest BCUT2D eigenvalue weighted by Gasteiger charge is -2.10. The Morgan fingerprint density at radius 3 is 2.59 bits per heavy atom. The van der Waals surface area contributed by atoms with Crippen molar-refractivity contribution in [2.24, 2.45) is 0 Å². The van der Waals surface area contributed by atoms with Crippen LogP contribution in [0, 0.1) is 0 Å². The fourth-order valence-corrected chi connectivity index (χ4v) is 5.03. The first kappa shape index (κ1) is 22.0. The molecule has 2 N–H and O–H groups in total. The van der Waals surface area contributed by atoms with Crippen LogP contribution in [0.3, 0.4) is 0 Å². The highest BCUT2D eigenvalue weighted by atomic mass is 35.5. The SMILES string of the molecule is CCCNC(=O)CSc1nnc(SC(C)C(=O)NCc2ccc(Cl)cc2)s1. The van der Waals surface area contributed by atoms with Crippen LogP contribution in [0.2, 0.25) is 5.02 Å². The maximum atomic E-state index is 12.3. The van der Waals surface area contributed by atoms with Crippen molar-refractivity contribution in [3.8, 4) is 0 Å². The fraction of sp³-hybridized carbons (Fsp3) is 0.412. The molecule has 146 valence electrons. The number of halogens is 1. The molecule has 2 amide bonds. The highest BCUT2D eigenvalue weighted by Gasteiger charge is 2.17. The summed E-state index contributed by atoms with van der Waals surface area (Å²) in [5.74, 6) is 0.232. The highest BCUT2D eigenvalue weighted by Crippen LogP contribution is 2.31. The second-order valence-electron chi connectivity index (χ2n) is 5.58. The van der Waals surface area contributed by atoms with Crippen LogP contribution in [0.25, 0.3) is 0 Å². The Hall–Kier alpha value is -1.29. The van der Waals surface area contributed by atoms with Gasteiger partial charge in [0.2, 0.25) is 11.8 Å². The van der Waals surface area contributed by atoms with Gasteiger partial charge in [-0.2, -0.15) is 0 Å². The van der Waals surface area contributed by atoms with Crippen molar-refractivity contribution in [1.29, 1.82) is 0 Å². The van der Waals surface area contributed by atoms with E-state index >= 15 is 0 Å². The van der Waals surface area contributed by atoms with Gasteiger partial charge >= 0.3 is 0 Å². The summed E-state index contributed by atoms with van der Waals surface area (Å²) in [6.07, 6.45) is 0.911. The maximum absolute atomic E-state index is 12.3. The van der Waals surface area contributed by atoms with Gasteiger partial charge in [0, 0.05) is 18.1 Å². The lowest BCUT2D eigenvalue weighted by Crippen LogP contribution is -2.30. The second-order valence-corrected chi connectivity index (χ2v) is 9.80. The van der Waals surface area contributed by atoms with Gasteiger partial charge in [-0.3, -0.25) is 9.59 Å². The smallest absolute Gasteiger partial charge is 0.233 e. The third kappa shape index (κ3) is 8.08. The van der Waals surface area contributed by atoms with Crippen molar-refractivity contribution in [2.75, 3.05) is 12.3 Å². The fourth-order valence-electron chi connectivity index (χ4n) is 1.89. The predicted octanol–water partition coefficient (Wildman–Crippen LogP) is 3.61. The van der Waals surface area contributed by atoms with Gasteiger partial charge in [-0.05, 0) is 31.0 Å². The van der Waals surface area contributed by atoms with Gasteiger partial charge in [0.05, 0.1) is 11.0 Å². The number of carbonyl (C=O) groups excluding carboxylic acids is 2. The quantitative estimate of drug-likeness (QED) is 0.544. The Kier molecular flexibility index (Phi) is 9.40. The Bertz CT molecular complexity index is 755. The third-order valence-corrected chi connectivity index (χ3v) is 6.81. The third-order valence-electron chi connectivity index (χ3n) is 3.31. The van der Waals surface area contributed by atoms with Crippen molar-refractivity contribution in [3.63, 3.8) is 0 Å². The van der Waals surface area contributed by atoms with Crippen molar-refractivity contribution in [1.82, 2.24) is 20.8 Å². The molecule has 1 unspecified atom stereocenters. The van der Waals surface area contributed by atoms with Gasteiger partial charge in [-0.1, -0.05) is 65.5 Å². The van der Waals surface area contributed by atoms with E-state index in [1.807, 2.05) is 26.0 Å². The summed E-state index contributed by atoms with van der Waals surface area (Å²) in [6.45, 7) is 4.97. The molecule has 0 fully saturated rings. The molecule has 0 aliphatic rings. The molecule has 0 aliphatic carbocycles. The van der Waals surface area contributed by atoms with Crippen LogP contribution in [0.15, 0.2) is 32.9 Å². The molecule has 1 aromatic carbocycles. The zero-order valence-corrected chi connectivity index (χ0v) is 18.2. The Morgan fingerprint density at radius 2 is 1.89 bits per heavy atom. The zero-order chi connectivity index (χ0) is 19.6. The number of benzene rings is 1. The number of carbonyl (C=O) groups is 2. The van der Waals surface area contributed by atoms with E-state index < -0.39 is 0 Å². The summed E-state index contributed by atoms with van der Waals surface area (Å²) in [5, 5.41) is 14.3. The van der Waals surface area contributed by atoms with Crippen LogP contribution in [0.5, 0.6) is 0 Å². The average Bonchev–Trinajstić information content (AvgIpc) is 3.11. The number of amides is 2. The van der Waals surface area contributed by atoms with Crippen LogP contribution in [-0.2, 0) is 16.1 Å². The minimum atomic E-state index is -0.295. The topological polar surface area (TPSA) is 84.0 Å². The van der Waals surface area contributed by atoms with Crippen LogP contribution in [0.4, 0.5) is 0 Å². The van der Waals surface area contributed by atoms with E-state index in [2.05, 4.69) is 20.8 Å². The standard InChI is InChI=1S/C17H21ClN4O2S3/c1-3-8-19-14(23)10-25-16-21-22-17(27-16)26-11(2)15(24)20-9-12-4-6-13(18)7-5-12/h4-7,11H,3,8-10H2,1-2H3,(H,19,23)(H,20,24). The van der Waals surface area contributed by atoms with Gasteiger partial charge in [0.1, 0.15) is 0 Å². The maximum Gasteiger partial charge on any atom is 0.233 e. The van der Waals surface area contributed by atoms with E-state index in [4.69, 9.17) is 11.6 Å². The van der Waals surface area contributed by atoms with Gasteiger partial charge in [0.25, 0.3) is 0 Å². The summed E-state index contributed by atoms with van der Waals surface area (Å²) < 4.78 is 1.43. The number of nitrogens with zero attached hydrogens (tertiary/aromatic N) is 2. The van der Waals surface area contributed by atoms with Gasteiger partial charge in [-0.15, -0.1) is 10.2 Å². The number of hydrogen-bond donors (Lipinski definition) is 2. The monoisotopic (exact) mass is 444 g/mol. The molecule has 1 heterocycles. The van der Waals surface area contributed by atoms with Crippen LogP contribution < -0.4 is 10.6 Å². The van der Waals surface area contributed by atoms with Gasteiger partial charge in [0.15, 0.2) is 8.68 Å². The van der Waals surface area contributed by atoms with Crippen LogP contribution in [-0.4, -0.2) is 39.6 Å². The molecule has 2 aromatic rings. The summed E-state index contributed by atoms with van der Waals surface area (Å²) in [6, 6.07) is 7.35. The molecule has 27 heavy (non-hydrogen) atoms. The predicted molar refractivity (Wildman–Crippen MR) is 113 cm³/mol. The molecule has 0 spiro atoms. The van der Waals surface area contributed by atoms with Crippen molar-refractivity contribution >= 4 is 58.3 Å². The molecule has 6 nitrogen and oxygen atoms in total. The first-order valence-electron chi connectivity index (χ1n) is 8.39. The molecule has 0 radical (unpaired) electrons. The van der Waals surface area contributed by atoms with E-state index in [9.17, 15) is 9.59 Å². The largest absolute Gasteiger partial charge is 0.355 e. The number of thioether (sulfide) groups is 2. The molecule has 0 saturated carbocycles. The van der Waals surface area contributed by atoms with E-state index in [1.54, 1.807) is 12.1 Å².